The van der Waals surface area contributed by atoms with Crippen molar-refractivity contribution in [2.24, 2.45) is 0 Å². The molecule has 0 spiro atoms. The maximum atomic E-state index is 10.7. The van der Waals surface area contributed by atoms with Crippen LogP contribution in [0.25, 0.3) is 12.2 Å². The molecule has 0 aliphatic rings. The Kier molecular flexibility index (Phi) is 4.43. The van der Waals surface area contributed by atoms with Crippen LogP contribution < -0.4 is 0 Å². The summed E-state index contributed by atoms with van der Waals surface area (Å²) in [4.78, 5) is 21.4. The van der Waals surface area contributed by atoms with E-state index in [1.807, 2.05) is 0 Å². The summed E-state index contributed by atoms with van der Waals surface area (Å²) in [5.41, 5.74) is 1.90. The van der Waals surface area contributed by atoms with E-state index in [1.165, 1.54) is 26.0 Å². The van der Waals surface area contributed by atoms with Crippen LogP contribution in [0.15, 0.2) is 35.4 Å². The molecule has 0 radical (unpaired) electrons. The Hall–Kier alpha value is -2.36. The van der Waals surface area contributed by atoms with Crippen LogP contribution in [0.1, 0.15) is 25.0 Å². The average Bonchev–Trinajstić information content (AvgIpc) is 2.29. The molecular weight excluding hydrogens is 232 g/mol. The van der Waals surface area contributed by atoms with E-state index in [0.717, 1.165) is 11.1 Å². The molecule has 0 aromatic heterocycles. The van der Waals surface area contributed by atoms with Crippen LogP contribution in [0.2, 0.25) is 0 Å². The molecule has 4 heteroatoms. The van der Waals surface area contributed by atoms with Gasteiger partial charge in [0, 0.05) is 11.1 Å². The van der Waals surface area contributed by atoms with E-state index in [-0.39, 0.29) is 11.1 Å². The SMILES string of the molecule is CC(=Cc1cccc(C=C(C)C(=O)O)c1)C(=O)O. The predicted octanol–water partition coefficient (Wildman–Crippen LogP) is 2.66. The lowest BCUT2D eigenvalue weighted by molar-refractivity contribution is -0.133. The number of carbonyl (C=O) groups is 2. The van der Waals surface area contributed by atoms with Crippen molar-refractivity contribution < 1.29 is 19.8 Å². The van der Waals surface area contributed by atoms with Crippen LogP contribution in [-0.4, -0.2) is 22.2 Å². The average molecular weight is 246 g/mol. The van der Waals surface area contributed by atoms with E-state index in [1.54, 1.807) is 24.3 Å². The largest absolute Gasteiger partial charge is 0.478 e. The number of hydrogen-bond acceptors (Lipinski definition) is 2. The van der Waals surface area contributed by atoms with Crippen molar-refractivity contribution in [2.75, 3.05) is 0 Å². The van der Waals surface area contributed by atoms with Crippen molar-refractivity contribution in [3.63, 3.8) is 0 Å². The van der Waals surface area contributed by atoms with E-state index < -0.39 is 11.9 Å². The molecule has 0 heterocycles. The van der Waals surface area contributed by atoms with Gasteiger partial charge in [0.1, 0.15) is 0 Å². The summed E-state index contributed by atoms with van der Waals surface area (Å²) >= 11 is 0. The van der Waals surface area contributed by atoms with Crippen LogP contribution in [0.3, 0.4) is 0 Å². The topological polar surface area (TPSA) is 74.6 Å². The van der Waals surface area contributed by atoms with Gasteiger partial charge in [0.25, 0.3) is 0 Å². The molecule has 0 bridgehead atoms. The van der Waals surface area contributed by atoms with Crippen LogP contribution in [-0.2, 0) is 9.59 Å². The lowest BCUT2D eigenvalue weighted by Gasteiger charge is -1.99. The Labute approximate surface area is 105 Å². The molecule has 18 heavy (non-hydrogen) atoms. The van der Waals surface area contributed by atoms with Crippen molar-refractivity contribution in [3.8, 4) is 0 Å². The zero-order chi connectivity index (χ0) is 13.7. The van der Waals surface area contributed by atoms with Crippen LogP contribution in [0.5, 0.6) is 0 Å². The first-order chi connectivity index (χ1) is 8.40. The molecule has 0 amide bonds. The molecular formula is C14H14O4. The lowest BCUT2D eigenvalue weighted by Crippen LogP contribution is -1.96. The fourth-order valence-electron chi connectivity index (χ4n) is 1.36. The standard InChI is InChI=1S/C14H14O4/c1-9(13(15)16)6-11-4-3-5-12(8-11)7-10(2)14(17)18/h3-8H,1-2H3,(H,15,16)(H,17,18). The minimum Gasteiger partial charge on any atom is -0.478 e. The van der Waals surface area contributed by atoms with Crippen LogP contribution >= 0.6 is 0 Å². The van der Waals surface area contributed by atoms with Gasteiger partial charge in [-0.05, 0) is 43.2 Å². The first-order valence-electron chi connectivity index (χ1n) is 5.33. The van der Waals surface area contributed by atoms with E-state index in [0.29, 0.717) is 0 Å². The molecule has 2 N–H and O–H groups in total. The molecule has 0 fully saturated rings. The molecule has 1 aromatic rings. The third-order valence-corrected chi connectivity index (χ3v) is 2.35. The van der Waals surface area contributed by atoms with Gasteiger partial charge in [-0.3, -0.25) is 0 Å². The minimum atomic E-state index is -0.974. The van der Waals surface area contributed by atoms with Crippen molar-refractivity contribution in [2.45, 2.75) is 13.8 Å². The summed E-state index contributed by atoms with van der Waals surface area (Å²) in [6.45, 7) is 3.01. The van der Waals surface area contributed by atoms with Gasteiger partial charge in [-0.15, -0.1) is 0 Å². The van der Waals surface area contributed by atoms with E-state index in [2.05, 4.69) is 0 Å². The van der Waals surface area contributed by atoms with Crippen molar-refractivity contribution >= 4 is 24.1 Å². The molecule has 0 atom stereocenters. The Morgan fingerprint density at radius 1 is 0.944 bits per heavy atom. The normalized spacial score (nSPS) is 12.3. The maximum absolute atomic E-state index is 10.7. The van der Waals surface area contributed by atoms with Crippen LogP contribution in [0.4, 0.5) is 0 Å². The van der Waals surface area contributed by atoms with Crippen molar-refractivity contribution in [1.82, 2.24) is 0 Å². The Balaban J connectivity index is 3.07. The monoisotopic (exact) mass is 246 g/mol. The Morgan fingerprint density at radius 2 is 1.33 bits per heavy atom. The summed E-state index contributed by atoms with van der Waals surface area (Å²) in [7, 11) is 0. The summed E-state index contributed by atoms with van der Waals surface area (Å²) in [6, 6.07) is 7.01. The van der Waals surface area contributed by atoms with Gasteiger partial charge in [0.15, 0.2) is 0 Å². The number of aliphatic carboxylic acids is 2. The molecule has 1 aromatic carbocycles. The highest BCUT2D eigenvalue weighted by Crippen LogP contribution is 2.13. The number of carboxylic acids is 2. The van der Waals surface area contributed by atoms with Crippen molar-refractivity contribution in [1.29, 1.82) is 0 Å². The first kappa shape index (κ1) is 13.7. The highest BCUT2D eigenvalue weighted by molar-refractivity contribution is 5.92. The molecule has 0 unspecified atom stereocenters. The van der Waals surface area contributed by atoms with Gasteiger partial charge in [0.05, 0.1) is 0 Å². The van der Waals surface area contributed by atoms with E-state index >= 15 is 0 Å². The number of rotatable bonds is 4. The summed E-state index contributed by atoms with van der Waals surface area (Å²) < 4.78 is 0. The number of carboxylic acid groups (broad SMARTS) is 2. The Bertz CT molecular complexity index is 493. The summed E-state index contributed by atoms with van der Waals surface area (Å²) in [6.07, 6.45) is 3.07. The first-order valence-corrected chi connectivity index (χ1v) is 5.33. The van der Waals surface area contributed by atoms with Gasteiger partial charge < -0.3 is 10.2 Å². The molecule has 4 nitrogen and oxygen atoms in total. The van der Waals surface area contributed by atoms with Crippen molar-refractivity contribution in [3.05, 3.63) is 46.5 Å². The third kappa shape index (κ3) is 3.90. The Morgan fingerprint density at radius 3 is 1.67 bits per heavy atom. The number of benzene rings is 1. The highest BCUT2D eigenvalue weighted by atomic mass is 16.4. The molecule has 1 rings (SSSR count). The lowest BCUT2D eigenvalue weighted by atomic mass is 10.1. The van der Waals surface area contributed by atoms with E-state index in [4.69, 9.17) is 10.2 Å². The molecule has 0 aliphatic heterocycles. The molecule has 0 aliphatic carbocycles. The second-order valence-corrected chi connectivity index (χ2v) is 3.94. The molecule has 0 saturated carbocycles. The molecule has 0 saturated heterocycles. The molecule has 94 valence electrons. The van der Waals surface area contributed by atoms with Gasteiger partial charge in [0.2, 0.25) is 0 Å². The third-order valence-electron chi connectivity index (χ3n) is 2.35. The second kappa shape index (κ2) is 5.82. The van der Waals surface area contributed by atoms with Crippen LogP contribution in [0, 0.1) is 0 Å². The highest BCUT2D eigenvalue weighted by Gasteiger charge is 2.02. The summed E-state index contributed by atoms with van der Waals surface area (Å²) in [5, 5.41) is 17.5. The van der Waals surface area contributed by atoms with Gasteiger partial charge in [-0.1, -0.05) is 18.2 Å². The van der Waals surface area contributed by atoms with E-state index in [9.17, 15) is 9.59 Å². The maximum Gasteiger partial charge on any atom is 0.331 e. The fraction of sp³-hybridized carbons (Fsp3) is 0.143. The smallest absolute Gasteiger partial charge is 0.331 e. The minimum absolute atomic E-state index is 0.228. The van der Waals surface area contributed by atoms with Gasteiger partial charge in [-0.2, -0.15) is 0 Å². The fourth-order valence-corrected chi connectivity index (χ4v) is 1.36. The predicted molar refractivity (Wildman–Crippen MR) is 69.0 cm³/mol. The summed E-state index contributed by atoms with van der Waals surface area (Å²) in [5.74, 6) is -1.95. The quantitative estimate of drug-likeness (QED) is 0.801. The zero-order valence-corrected chi connectivity index (χ0v) is 10.2. The van der Waals surface area contributed by atoms with Gasteiger partial charge >= 0.3 is 11.9 Å². The second-order valence-electron chi connectivity index (χ2n) is 3.94. The zero-order valence-electron chi connectivity index (χ0n) is 10.2. The van der Waals surface area contributed by atoms with Gasteiger partial charge in [-0.25, -0.2) is 9.59 Å². The number of hydrogen-bond donors (Lipinski definition) is 2.